The summed E-state index contributed by atoms with van der Waals surface area (Å²) in [6, 6.07) is 0. The van der Waals surface area contributed by atoms with Gasteiger partial charge in [0.15, 0.2) is 5.96 Å². The van der Waals surface area contributed by atoms with E-state index in [-0.39, 0.29) is 17.0 Å². The van der Waals surface area contributed by atoms with Gasteiger partial charge in [0.25, 0.3) is 0 Å². The molecule has 0 aliphatic carbocycles. The van der Waals surface area contributed by atoms with Gasteiger partial charge in [0.05, 0.1) is 18.0 Å². The third-order valence-electron chi connectivity index (χ3n) is 4.91. The average molecular weight is 363 g/mol. The lowest BCUT2D eigenvalue weighted by atomic mass is 9.79. The maximum Gasteiger partial charge on any atom is 0.306 e. The lowest BCUT2D eigenvalue weighted by molar-refractivity contribution is -0.385. The SMILES string of the molecule is CCNC(=NCCn1cc([N+](=O)[O-])cn1)N1CCCC2(CNC(=O)C2)C1. The van der Waals surface area contributed by atoms with Crippen LogP contribution in [0.3, 0.4) is 0 Å². The molecule has 0 bridgehead atoms. The third-order valence-corrected chi connectivity index (χ3v) is 4.91. The van der Waals surface area contributed by atoms with Crippen LogP contribution in [-0.2, 0) is 11.3 Å². The molecule has 1 atom stereocenters. The summed E-state index contributed by atoms with van der Waals surface area (Å²) in [7, 11) is 0. The molecular weight excluding hydrogens is 338 g/mol. The Hall–Kier alpha value is -2.65. The minimum Gasteiger partial charge on any atom is -0.357 e. The molecule has 2 N–H and O–H groups in total. The number of likely N-dealkylation sites (tertiary alicyclic amines) is 1. The van der Waals surface area contributed by atoms with Crippen molar-refractivity contribution in [2.75, 3.05) is 32.7 Å². The maximum absolute atomic E-state index is 11.7. The van der Waals surface area contributed by atoms with Crippen molar-refractivity contribution >= 4 is 17.6 Å². The highest BCUT2D eigenvalue weighted by Gasteiger charge is 2.42. The van der Waals surface area contributed by atoms with Crippen LogP contribution < -0.4 is 10.6 Å². The summed E-state index contributed by atoms with van der Waals surface area (Å²) in [5, 5.41) is 21.0. The van der Waals surface area contributed by atoms with Gasteiger partial charge in [-0.1, -0.05) is 0 Å². The van der Waals surface area contributed by atoms with E-state index in [0.29, 0.717) is 19.5 Å². The molecular formula is C16H25N7O3. The van der Waals surface area contributed by atoms with Gasteiger partial charge in [0.1, 0.15) is 12.4 Å². The standard InChI is InChI=1S/C16H25N7O3/c1-2-17-15(18-5-7-22-10-13(9-20-22)23(25)26)21-6-3-4-16(12-21)8-14(24)19-11-16/h9-10H,2-8,11-12H2,1H3,(H,17,18)(H,19,24). The van der Waals surface area contributed by atoms with E-state index in [1.54, 1.807) is 0 Å². The number of hydrogen-bond acceptors (Lipinski definition) is 5. The van der Waals surface area contributed by atoms with Crippen LogP contribution in [0.15, 0.2) is 17.4 Å². The number of nitro groups is 1. The van der Waals surface area contributed by atoms with Crippen molar-refractivity contribution in [2.24, 2.45) is 10.4 Å². The number of nitrogens with one attached hydrogen (secondary N) is 2. The number of aliphatic imine (C=N–C) groups is 1. The number of carbonyl (C=O) groups is 1. The topological polar surface area (TPSA) is 118 Å². The van der Waals surface area contributed by atoms with Gasteiger partial charge in [0.2, 0.25) is 5.91 Å². The summed E-state index contributed by atoms with van der Waals surface area (Å²) in [4.78, 5) is 28.8. The van der Waals surface area contributed by atoms with Gasteiger partial charge in [0, 0.05) is 38.0 Å². The van der Waals surface area contributed by atoms with Crippen LogP contribution in [0.1, 0.15) is 26.2 Å². The van der Waals surface area contributed by atoms with Crippen LogP contribution in [0, 0.1) is 15.5 Å². The highest BCUT2D eigenvalue weighted by molar-refractivity contribution is 5.81. The molecule has 2 fully saturated rings. The van der Waals surface area contributed by atoms with Crippen molar-refractivity contribution in [3.63, 3.8) is 0 Å². The van der Waals surface area contributed by atoms with E-state index in [9.17, 15) is 14.9 Å². The normalized spacial score (nSPS) is 23.3. The van der Waals surface area contributed by atoms with Crippen molar-refractivity contribution in [1.82, 2.24) is 25.3 Å². The number of rotatable bonds is 5. The minimum atomic E-state index is -0.457. The Labute approximate surface area is 151 Å². The molecule has 142 valence electrons. The van der Waals surface area contributed by atoms with Crippen molar-refractivity contribution in [1.29, 1.82) is 0 Å². The molecule has 1 unspecified atom stereocenters. The molecule has 0 radical (unpaired) electrons. The summed E-state index contributed by atoms with van der Waals surface area (Å²) in [6.45, 7) is 6.18. The zero-order chi connectivity index (χ0) is 18.6. The van der Waals surface area contributed by atoms with Gasteiger partial charge >= 0.3 is 5.69 Å². The molecule has 2 aliphatic heterocycles. The molecule has 2 saturated heterocycles. The maximum atomic E-state index is 11.7. The van der Waals surface area contributed by atoms with Crippen molar-refractivity contribution in [2.45, 2.75) is 32.7 Å². The molecule has 1 aromatic heterocycles. The first kappa shape index (κ1) is 18.2. The van der Waals surface area contributed by atoms with Gasteiger partial charge in [-0.2, -0.15) is 5.10 Å². The molecule has 3 rings (SSSR count). The molecule has 26 heavy (non-hydrogen) atoms. The fourth-order valence-electron chi connectivity index (χ4n) is 3.68. The second-order valence-electron chi connectivity index (χ2n) is 6.93. The Morgan fingerprint density at radius 2 is 2.42 bits per heavy atom. The molecule has 0 saturated carbocycles. The Morgan fingerprint density at radius 3 is 3.08 bits per heavy atom. The second-order valence-corrected chi connectivity index (χ2v) is 6.93. The molecule has 1 aromatic rings. The van der Waals surface area contributed by atoms with Crippen LogP contribution in [0.25, 0.3) is 0 Å². The Kier molecular flexibility index (Phi) is 5.38. The van der Waals surface area contributed by atoms with Gasteiger partial charge < -0.3 is 15.5 Å². The zero-order valence-electron chi connectivity index (χ0n) is 15.0. The number of piperidine rings is 1. The summed E-state index contributed by atoms with van der Waals surface area (Å²) < 4.78 is 1.53. The number of nitrogens with zero attached hydrogens (tertiary/aromatic N) is 5. The van der Waals surface area contributed by atoms with Crippen LogP contribution in [-0.4, -0.2) is 64.2 Å². The van der Waals surface area contributed by atoms with Crippen LogP contribution >= 0.6 is 0 Å². The highest BCUT2D eigenvalue weighted by atomic mass is 16.6. The van der Waals surface area contributed by atoms with Gasteiger partial charge in [-0.3, -0.25) is 24.6 Å². The largest absolute Gasteiger partial charge is 0.357 e. The lowest BCUT2D eigenvalue weighted by Crippen LogP contribution is -2.51. The summed E-state index contributed by atoms with van der Waals surface area (Å²) in [5.41, 5.74) is -0.00837. The average Bonchev–Trinajstić information content (AvgIpc) is 3.22. The van der Waals surface area contributed by atoms with Crippen molar-refractivity contribution in [3.05, 3.63) is 22.5 Å². The molecule has 2 aliphatic rings. The summed E-state index contributed by atoms with van der Waals surface area (Å²) in [5.74, 6) is 0.960. The smallest absolute Gasteiger partial charge is 0.306 e. The Morgan fingerprint density at radius 1 is 1.58 bits per heavy atom. The quantitative estimate of drug-likeness (QED) is 0.337. The van der Waals surface area contributed by atoms with Gasteiger partial charge in [-0.05, 0) is 19.8 Å². The van der Waals surface area contributed by atoms with E-state index in [2.05, 4.69) is 25.6 Å². The van der Waals surface area contributed by atoms with Crippen molar-refractivity contribution in [3.8, 4) is 0 Å². The van der Waals surface area contributed by atoms with E-state index in [1.807, 2.05) is 6.92 Å². The summed E-state index contributed by atoms with van der Waals surface area (Å²) >= 11 is 0. The number of aromatic nitrogens is 2. The van der Waals surface area contributed by atoms with Crippen LogP contribution in [0.5, 0.6) is 0 Å². The first-order chi connectivity index (χ1) is 12.5. The zero-order valence-corrected chi connectivity index (χ0v) is 15.0. The predicted octanol–water partition coefficient (Wildman–Crippen LogP) is 0.359. The lowest BCUT2D eigenvalue weighted by Gasteiger charge is -2.40. The second kappa shape index (κ2) is 7.71. The number of guanidine groups is 1. The Bertz CT molecular complexity index is 702. The fraction of sp³-hybridized carbons (Fsp3) is 0.688. The summed E-state index contributed by atoms with van der Waals surface area (Å²) in [6.07, 6.45) is 5.32. The van der Waals surface area contributed by atoms with Gasteiger partial charge in [-0.25, -0.2) is 0 Å². The first-order valence-electron chi connectivity index (χ1n) is 8.98. The first-order valence-corrected chi connectivity index (χ1v) is 8.98. The van der Waals surface area contributed by atoms with E-state index in [4.69, 9.17) is 0 Å². The minimum absolute atomic E-state index is 0.00806. The van der Waals surface area contributed by atoms with Crippen LogP contribution in [0.2, 0.25) is 0 Å². The molecule has 1 amide bonds. The molecule has 10 nitrogen and oxygen atoms in total. The molecule has 3 heterocycles. The number of carbonyl (C=O) groups excluding carboxylic acids is 1. The Balaban J connectivity index is 1.62. The molecule has 10 heteroatoms. The fourth-order valence-corrected chi connectivity index (χ4v) is 3.68. The molecule has 1 spiro atoms. The van der Waals surface area contributed by atoms with Gasteiger partial charge in [-0.15, -0.1) is 0 Å². The van der Waals surface area contributed by atoms with E-state index >= 15 is 0 Å². The monoisotopic (exact) mass is 363 g/mol. The third kappa shape index (κ3) is 4.12. The predicted molar refractivity (Wildman–Crippen MR) is 95.7 cm³/mol. The molecule has 0 aromatic carbocycles. The number of hydrogen-bond donors (Lipinski definition) is 2. The van der Waals surface area contributed by atoms with Crippen molar-refractivity contribution < 1.29 is 9.72 Å². The highest BCUT2D eigenvalue weighted by Crippen LogP contribution is 2.35. The van der Waals surface area contributed by atoms with Crippen LogP contribution in [0.4, 0.5) is 5.69 Å². The van der Waals surface area contributed by atoms with E-state index in [1.165, 1.54) is 17.1 Å². The number of amides is 1. The van der Waals surface area contributed by atoms with E-state index < -0.39 is 4.92 Å². The van der Waals surface area contributed by atoms with E-state index in [0.717, 1.165) is 45.0 Å².